The van der Waals surface area contributed by atoms with Gasteiger partial charge in [-0.25, -0.2) is 4.79 Å². The molecule has 2 heterocycles. The summed E-state index contributed by atoms with van der Waals surface area (Å²) in [6.07, 6.45) is 1.55. The summed E-state index contributed by atoms with van der Waals surface area (Å²) in [7, 11) is 1.52. The number of aromatic carboxylic acids is 1. The maximum absolute atomic E-state index is 12.4. The number of rotatable bonds is 6. The summed E-state index contributed by atoms with van der Waals surface area (Å²) in [5.74, 6) is -1.88. The molecular weight excluding hydrogens is 352 g/mol. The Morgan fingerprint density at radius 3 is 2.63 bits per heavy atom. The number of hydrogen-bond donors (Lipinski definition) is 4. The molecule has 0 spiro atoms. The van der Waals surface area contributed by atoms with E-state index in [-0.39, 0.29) is 24.4 Å². The first-order valence-corrected chi connectivity index (χ1v) is 8.19. The maximum Gasteiger partial charge on any atom is 0.352 e. The van der Waals surface area contributed by atoms with E-state index in [0.29, 0.717) is 39.4 Å². The molecule has 1 amide bonds. The van der Waals surface area contributed by atoms with Crippen LogP contribution in [0.4, 0.5) is 5.69 Å². The van der Waals surface area contributed by atoms with Crippen LogP contribution in [0.15, 0.2) is 18.2 Å². The number of carbonyl (C=O) groups excluding carboxylic acids is 1. The summed E-state index contributed by atoms with van der Waals surface area (Å²) >= 11 is 0. The number of aromatic amines is 1. The van der Waals surface area contributed by atoms with Gasteiger partial charge in [-0.3, -0.25) is 9.59 Å². The minimum absolute atomic E-state index is 0.0218. The molecule has 0 aliphatic carbocycles. The van der Waals surface area contributed by atoms with Crippen LogP contribution in [-0.2, 0) is 16.0 Å². The third kappa shape index (κ3) is 3.41. The molecule has 140 valence electrons. The number of H-pyrrole nitrogens is 1. The van der Waals surface area contributed by atoms with Gasteiger partial charge < -0.3 is 25.3 Å². The quantitative estimate of drug-likeness (QED) is 0.579. The number of amides is 1. The number of fused-ring (bicyclic) bond motifs is 1. The summed E-state index contributed by atoms with van der Waals surface area (Å²) < 4.78 is 5.20. The fraction of sp³-hybridized carbons (Fsp3) is 0.211. The number of aromatic nitrogens is 1. The summed E-state index contributed by atoms with van der Waals surface area (Å²) in [6, 6.07) is 5.16. The van der Waals surface area contributed by atoms with E-state index in [1.807, 2.05) is 0 Å². The Kier molecular flexibility index (Phi) is 4.72. The molecular formula is C19H18N2O6. The smallest absolute Gasteiger partial charge is 0.352 e. The molecule has 0 saturated heterocycles. The van der Waals surface area contributed by atoms with Gasteiger partial charge in [0.25, 0.3) is 5.91 Å². The van der Waals surface area contributed by atoms with E-state index in [1.165, 1.54) is 7.11 Å². The Morgan fingerprint density at radius 1 is 1.26 bits per heavy atom. The molecule has 8 heteroatoms. The minimum Gasteiger partial charge on any atom is -0.497 e. The molecule has 1 aliphatic heterocycles. The van der Waals surface area contributed by atoms with Gasteiger partial charge in [0.15, 0.2) is 0 Å². The Morgan fingerprint density at radius 2 is 2.00 bits per heavy atom. The first kappa shape index (κ1) is 18.2. The van der Waals surface area contributed by atoms with Crippen LogP contribution in [0.2, 0.25) is 0 Å². The number of methoxy groups -OCH3 is 1. The highest BCUT2D eigenvalue weighted by atomic mass is 16.5. The third-order valence-corrected chi connectivity index (χ3v) is 4.51. The zero-order valence-electron chi connectivity index (χ0n) is 14.8. The largest absolute Gasteiger partial charge is 0.497 e. The number of carboxylic acids is 2. The average Bonchev–Trinajstić information content (AvgIpc) is 3.10. The van der Waals surface area contributed by atoms with Crippen molar-refractivity contribution in [1.29, 1.82) is 0 Å². The fourth-order valence-corrected chi connectivity index (χ4v) is 3.13. The monoisotopic (exact) mass is 370 g/mol. The number of anilines is 1. The molecule has 0 fully saturated rings. The molecule has 0 atom stereocenters. The number of ether oxygens (including phenoxy) is 1. The molecule has 1 aromatic heterocycles. The highest BCUT2D eigenvalue weighted by Gasteiger charge is 2.26. The van der Waals surface area contributed by atoms with Crippen molar-refractivity contribution in [1.82, 2.24) is 4.98 Å². The van der Waals surface area contributed by atoms with E-state index < -0.39 is 11.9 Å². The standard InChI is InChI=1S/C19H18N2O6/c1-9-11(4-6-16(22)23)15(20-17(9)19(25)26)8-13-12-7-10(27-2)3-5-14(12)21-18(13)24/h3,5,7-8,20H,4,6H2,1-2H3,(H,21,24)(H,22,23)(H,25,26)/b13-8-. The molecule has 27 heavy (non-hydrogen) atoms. The van der Waals surface area contributed by atoms with Gasteiger partial charge in [0.1, 0.15) is 11.4 Å². The second-order valence-electron chi connectivity index (χ2n) is 6.14. The summed E-state index contributed by atoms with van der Waals surface area (Å²) in [5.41, 5.74) is 3.01. The van der Waals surface area contributed by atoms with Gasteiger partial charge in [-0.15, -0.1) is 0 Å². The lowest BCUT2D eigenvalue weighted by Crippen LogP contribution is -2.04. The molecule has 0 saturated carbocycles. The minimum atomic E-state index is -1.15. The van der Waals surface area contributed by atoms with Crippen LogP contribution in [0.5, 0.6) is 5.75 Å². The molecule has 1 aromatic carbocycles. The number of carbonyl (C=O) groups is 3. The van der Waals surface area contributed by atoms with Crippen LogP contribution >= 0.6 is 0 Å². The van der Waals surface area contributed by atoms with E-state index in [4.69, 9.17) is 9.84 Å². The van der Waals surface area contributed by atoms with Gasteiger partial charge in [0.05, 0.1) is 12.7 Å². The summed E-state index contributed by atoms with van der Waals surface area (Å²) in [6.45, 7) is 1.62. The third-order valence-electron chi connectivity index (χ3n) is 4.51. The maximum atomic E-state index is 12.4. The van der Waals surface area contributed by atoms with Gasteiger partial charge in [0, 0.05) is 23.4 Å². The van der Waals surface area contributed by atoms with Gasteiger partial charge in [-0.05, 0) is 48.7 Å². The van der Waals surface area contributed by atoms with Crippen molar-refractivity contribution in [2.45, 2.75) is 19.8 Å². The summed E-state index contributed by atoms with van der Waals surface area (Å²) in [4.78, 5) is 37.6. The van der Waals surface area contributed by atoms with Crippen LogP contribution in [0, 0.1) is 6.92 Å². The van der Waals surface area contributed by atoms with Gasteiger partial charge in [-0.1, -0.05) is 0 Å². The number of nitrogens with one attached hydrogen (secondary N) is 2. The SMILES string of the molecule is COc1ccc2c(c1)/C(=C/c1[nH]c(C(=O)O)c(C)c1CCC(=O)O)C(=O)N2. The zero-order valence-corrected chi connectivity index (χ0v) is 14.8. The molecule has 8 nitrogen and oxygen atoms in total. The lowest BCUT2D eigenvalue weighted by atomic mass is 10.0. The van der Waals surface area contributed by atoms with Gasteiger partial charge in [-0.2, -0.15) is 0 Å². The first-order valence-electron chi connectivity index (χ1n) is 8.19. The predicted molar refractivity (Wildman–Crippen MR) is 97.9 cm³/mol. The van der Waals surface area contributed by atoms with Crippen LogP contribution in [0.1, 0.15) is 39.3 Å². The number of carboxylic acid groups (broad SMARTS) is 2. The van der Waals surface area contributed by atoms with E-state index in [9.17, 15) is 19.5 Å². The fourth-order valence-electron chi connectivity index (χ4n) is 3.13. The van der Waals surface area contributed by atoms with Crippen LogP contribution in [0.3, 0.4) is 0 Å². The average molecular weight is 370 g/mol. The number of aliphatic carboxylic acids is 1. The van der Waals surface area contributed by atoms with Crippen LogP contribution in [-0.4, -0.2) is 40.2 Å². The molecule has 0 radical (unpaired) electrons. The lowest BCUT2D eigenvalue weighted by Gasteiger charge is -2.04. The Bertz CT molecular complexity index is 986. The van der Waals surface area contributed by atoms with Crippen molar-refractivity contribution in [3.8, 4) is 5.75 Å². The van der Waals surface area contributed by atoms with E-state index >= 15 is 0 Å². The lowest BCUT2D eigenvalue weighted by molar-refractivity contribution is -0.137. The van der Waals surface area contributed by atoms with Crippen molar-refractivity contribution >= 4 is 35.2 Å². The first-order chi connectivity index (χ1) is 12.8. The highest BCUT2D eigenvalue weighted by Crippen LogP contribution is 2.36. The van der Waals surface area contributed by atoms with Gasteiger partial charge >= 0.3 is 11.9 Å². The second-order valence-corrected chi connectivity index (χ2v) is 6.14. The van der Waals surface area contributed by atoms with E-state index in [1.54, 1.807) is 31.2 Å². The predicted octanol–water partition coefficient (Wildman–Crippen LogP) is 2.54. The van der Waals surface area contributed by atoms with Crippen molar-refractivity contribution in [3.63, 3.8) is 0 Å². The highest BCUT2D eigenvalue weighted by molar-refractivity contribution is 6.35. The Labute approximate surface area is 154 Å². The molecule has 2 aromatic rings. The van der Waals surface area contributed by atoms with Crippen molar-refractivity contribution in [2.75, 3.05) is 12.4 Å². The Hall–Kier alpha value is -3.55. The van der Waals surface area contributed by atoms with Crippen LogP contribution in [0.25, 0.3) is 11.6 Å². The molecule has 1 aliphatic rings. The van der Waals surface area contributed by atoms with Gasteiger partial charge in [0.2, 0.25) is 0 Å². The van der Waals surface area contributed by atoms with E-state index in [2.05, 4.69) is 10.3 Å². The molecule has 3 rings (SSSR count). The topological polar surface area (TPSA) is 129 Å². The van der Waals surface area contributed by atoms with Crippen LogP contribution < -0.4 is 10.1 Å². The van der Waals surface area contributed by atoms with E-state index in [0.717, 1.165) is 0 Å². The zero-order chi connectivity index (χ0) is 19.7. The van der Waals surface area contributed by atoms with Crippen molar-refractivity contribution in [3.05, 3.63) is 46.3 Å². The summed E-state index contributed by atoms with van der Waals surface area (Å²) in [5, 5.41) is 21.1. The number of hydrogen-bond acceptors (Lipinski definition) is 4. The van der Waals surface area contributed by atoms with Crippen molar-refractivity contribution in [2.24, 2.45) is 0 Å². The van der Waals surface area contributed by atoms with Crippen molar-refractivity contribution < 1.29 is 29.3 Å². The molecule has 0 unspecified atom stereocenters. The number of benzene rings is 1. The molecule has 0 bridgehead atoms. The normalized spacial score (nSPS) is 14.1. The Balaban J connectivity index is 2.12. The second kappa shape index (κ2) is 6.99. The molecule has 4 N–H and O–H groups in total.